The summed E-state index contributed by atoms with van der Waals surface area (Å²) in [4.78, 5) is 13.7. The molecule has 2 aromatic heterocycles. The number of nitrogens with zero attached hydrogens (tertiary/aromatic N) is 3. The molecule has 6 nitrogen and oxygen atoms in total. The zero-order valence-electron chi connectivity index (χ0n) is 18.5. The number of thioether (sulfide) groups is 1. The van der Waals surface area contributed by atoms with Crippen LogP contribution >= 0.6 is 34.7 Å². The second-order valence-electron chi connectivity index (χ2n) is 7.32. The molecule has 0 saturated carbocycles. The van der Waals surface area contributed by atoms with E-state index < -0.39 is 0 Å². The average Bonchev–Trinajstić information content (AvgIpc) is 3.45. The lowest BCUT2D eigenvalue weighted by atomic mass is 10.1. The fraction of sp³-hybridized carbons (Fsp3) is 0.208. The second kappa shape index (κ2) is 10.4. The SMILES string of the molecule is CCOc1ccc(-n2c(SCC(=O)Nc3c(C)cc(C)cc3Cl)nnc2-c2cccs2)cc1. The number of hydrogen-bond acceptors (Lipinski definition) is 6. The molecule has 0 aliphatic rings. The average molecular weight is 499 g/mol. The standard InChI is InChI=1S/C24H23ClN4O2S2/c1-4-31-18-9-7-17(8-10-18)29-23(20-6-5-11-32-20)27-28-24(29)33-14-21(30)26-22-16(3)12-15(2)13-19(22)25/h5-13H,4,14H2,1-3H3,(H,26,30). The Morgan fingerprint density at radius 1 is 1.18 bits per heavy atom. The number of aromatic nitrogens is 3. The molecular weight excluding hydrogens is 476 g/mol. The Labute approximate surface area is 206 Å². The van der Waals surface area contributed by atoms with Crippen molar-refractivity contribution >= 4 is 46.3 Å². The van der Waals surface area contributed by atoms with E-state index in [-0.39, 0.29) is 11.7 Å². The number of nitrogens with one attached hydrogen (secondary N) is 1. The summed E-state index contributed by atoms with van der Waals surface area (Å²) in [5.74, 6) is 1.54. The molecule has 0 aliphatic heterocycles. The molecule has 2 heterocycles. The number of halogens is 1. The largest absolute Gasteiger partial charge is 0.494 e. The monoisotopic (exact) mass is 498 g/mol. The Morgan fingerprint density at radius 2 is 1.97 bits per heavy atom. The van der Waals surface area contributed by atoms with Gasteiger partial charge >= 0.3 is 0 Å². The van der Waals surface area contributed by atoms with Crippen molar-refractivity contribution < 1.29 is 9.53 Å². The Hall–Kier alpha value is -2.81. The number of hydrogen-bond donors (Lipinski definition) is 1. The van der Waals surface area contributed by atoms with Crippen LogP contribution in [0, 0.1) is 13.8 Å². The molecule has 33 heavy (non-hydrogen) atoms. The molecule has 0 aliphatic carbocycles. The highest BCUT2D eigenvalue weighted by molar-refractivity contribution is 7.99. The van der Waals surface area contributed by atoms with Gasteiger partial charge in [0.05, 0.1) is 33.6 Å². The van der Waals surface area contributed by atoms with Crippen molar-refractivity contribution in [2.45, 2.75) is 25.9 Å². The van der Waals surface area contributed by atoms with Crippen molar-refractivity contribution in [1.29, 1.82) is 0 Å². The predicted molar refractivity (Wildman–Crippen MR) is 136 cm³/mol. The van der Waals surface area contributed by atoms with E-state index in [1.54, 1.807) is 11.3 Å². The van der Waals surface area contributed by atoms with E-state index in [0.29, 0.717) is 22.5 Å². The van der Waals surface area contributed by atoms with Crippen molar-refractivity contribution in [2.75, 3.05) is 17.7 Å². The van der Waals surface area contributed by atoms with Crippen LogP contribution in [0.4, 0.5) is 5.69 Å². The summed E-state index contributed by atoms with van der Waals surface area (Å²) in [7, 11) is 0. The van der Waals surface area contributed by atoms with Crippen molar-refractivity contribution in [1.82, 2.24) is 14.8 Å². The van der Waals surface area contributed by atoms with E-state index >= 15 is 0 Å². The van der Waals surface area contributed by atoms with E-state index in [1.807, 2.05) is 79.2 Å². The number of carbonyl (C=O) groups is 1. The lowest BCUT2D eigenvalue weighted by Crippen LogP contribution is -2.16. The lowest BCUT2D eigenvalue weighted by Gasteiger charge is -2.12. The van der Waals surface area contributed by atoms with Crippen LogP contribution in [0.25, 0.3) is 16.4 Å². The van der Waals surface area contributed by atoms with Crippen molar-refractivity contribution in [3.05, 3.63) is 70.1 Å². The fourth-order valence-electron chi connectivity index (χ4n) is 3.40. The first-order chi connectivity index (χ1) is 16.0. The van der Waals surface area contributed by atoms with Crippen LogP contribution in [0.5, 0.6) is 5.75 Å². The Kier molecular flexibility index (Phi) is 7.37. The normalized spacial score (nSPS) is 10.9. The minimum atomic E-state index is -0.159. The molecule has 4 aromatic rings. The van der Waals surface area contributed by atoms with Crippen molar-refractivity contribution in [3.63, 3.8) is 0 Å². The second-order valence-corrected chi connectivity index (χ2v) is 9.62. The molecule has 2 aromatic carbocycles. The number of amides is 1. The summed E-state index contributed by atoms with van der Waals surface area (Å²) in [6.07, 6.45) is 0. The van der Waals surface area contributed by atoms with E-state index in [4.69, 9.17) is 16.3 Å². The van der Waals surface area contributed by atoms with Gasteiger partial charge in [-0.2, -0.15) is 0 Å². The van der Waals surface area contributed by atoms with Gasteiger partial charge in [0.1, 0.15) is 5.75 Å². The first kappa shape index (κ1) is 23.4. The number of rotatable bonds is 8. The highest BCUT2D eigenvalue weighted by atomic mass is 35.5. The van der Waals surface area contributed by atoms with Crippen molar-refractivity contribution in [2.24, 2.45) is 0 Å². The summed E-state index contributed by atoms with van der Waals surface area (Å²) in [5.41, 5.74) is 3.51. The maximum atomic E-state index is 12.7. The Bertz CT molecular complexity index is 1230. The third-order valence-corrected chi connectivity index (χ3v) is 6.90. The topological polar surface area (TPSA) is 69.0 Å². The maximum Gasteiger partial charge on any atom is 0.234 e. The molecule has 0 bridgehead atoms. The maximum absolute atomic E-state index is 12.7. The number of carbonyl (C=O) groups excluding carboxylic acids is 1. The van der Waals surface area contributed by atoms with Crippen LogP contribution in [0.15, 0.2) is 59.1 Å². The minimum Gasteiger partial charge on any atom is -0.494 e. The van der Waals surface area contributed by atoms with Crippen LogP contribution in [0.2, 0.25) is 5.02 Å². The number of aryl methyl sites for hydroxylation is 2. The minimum absolute atomic E-state index is 0.159. The molecule has 1 N–H and O–H groups in total. The molecule has 0 fully saturated rings. The van der Waals surface area contributed by atoms with Gasteiger partial charge in [-0.05, 0) is 73.7 Å². The molecule has 0 unspecified atom stereocenters. The molecule has 9 heteroatoms. The van der Waals surface area contributed by atoms with E-state index in [1.165, 1.54) is 11.8 Å². The fourth-order valence-corrected chi connectivity index (χ4v) is 5.22. The van der Waals surface area contributed by atoms with E-state index in [2.05, 4.69) is 15.5 Å². The number of ether oxygens (including phenoxy) is 1. The Balaban J connectivity index is 1.57. The summed E-state index contributed by atoms with van der Waals surface area (Å²) in [6, 6.07) is 15.6. The van der Waals surface area contributed by atoms with Gasteiger partial charge in [0.2, 0.25) is 5.91 Å². The zero-order valence-corrected chi connectivity index (χ0v) is 20.9. The molecular formula is C24H23ClN4O2S2. The third kappa shape index (κ3) is 5.40. The van der Waals surface area contributed by atoms with Gasteiger partial charge in [-0.15, -0.1) is 21.5 Å². The van der Waals surface area contributed by atoms with Gasteiger partial charge in [0.25, 0.3) is 0 Å². The molecule has 0 spiro atoms. The number of thiophene rings is 1. The van der Waals surface area contributed by atoms with Gasteiger partial charge in [0, 0.05) is 0 Å². The van der Waals surface area contributed by atoms with Gasteiger partial charge in [0.15, 0.2) is 11.0 Å². The van der Waals surface area contributed by atoms with E-state index in [0.717, 1.165) is 33.3 Å². The number of anilines is 1. The first-order valence-electron chi connectivity index (χ1n) is 10.4. The van der Waals surface area contributed by atoms with Gasteiger partial charge in [-0.1, -0.05) is 35.5 Å². The zero-order chi connectivity index (χ0) is 23.4. The molecule has 0 atom stereocenters. The molecule has 0 saturated heterocycles. The smallest absolute Gasteiger partial charge is 0.234 e. The van der Waals surface area contributed by atoms with Crippen LogP contribution in [-0.4, -0.2) is 33.0 Å². The van der Waals surface area contributed by atoms with Crippen LogP contribution in [0.3, 0.4) is 0 Å². The summed E-state index contributed by atoms with van der Waals surface area (Å²) in [5, 5.41) is 14.9. The summed E-state index contributed by atoms with van der Waals surface area (Å²) >= 11 is 9.25. The van der Waals surface area contributed by atoms with Crippen LogP contribution in [0.1, 0.15) is 18.1 Å². The van der Waals surface area contributed by atoms with Gasteiger partial charge < -0.3 is 10.1 Å². The highest BCUT2D eigenvalue weighted by Gasteiger charge is 2.19. The lowest BCUT2D eigenvalue weighted by molar-refractivity contribution is -0.113. The van der Waals surface area contributed by atoms with Crippen LogP contribution < -0.4 is 10.1 Å². The third-order valence-electron chi connectivity index (χ3n) is 4.81. The molecule has 4 rings (SSSR count). The Morgan fingerprint density at radius 3 is 2.64 bits per heavy atom. The predicted octanol–water partition coefficient (Wildman–Crippen LogP) is 6.40. The van der Waals surface area contributed by atoms with E-state index in [9.17, 15) is 4.79 Å². The van der Waals surface area contributed by atoms with Crippen LogP contribution in [-0.2, 0) is 4.79 Å². The summed E-state index contributed by atoms with van der Waals surface area (Å²) < 4.78 is 7.53. The van der Waals surface area contributed by atoms with Gasteiger partial charge in [-0.3, -0.25) is 9.36 Å². The first-order valence-corrected chi connectivity index (χ1v) is 12.6. The molecule has 170 valence electrons. The molecule has 1 amide bonds. The molecule has 0 radical (unpaired) electrons. The van der Waals surface area contributed by atoms with Crippen molar-refractivity contribution in [3.8, 4) is 22.1 Å². The highest BCUT2D eigenvalue weighted by Crippen LogP contribution is 2.32. The van der Waals surface area contributed by atoms with Gasteiger partial charge in [-0.25, -0.2) is 0 Å². The quantitative estimate of drug-likeness (QED) is 0.285. The number of benzene rings is 2. The summed E-state index contributed by atoms with van der Waals surface area (Å²) in [6.45, 7) is 6.46.